The summed E-state index contributed by atoms with van der Waals surface area (Å²) >= 11 is 0. The first-order valence-electron chi connectivity index (χ1n) is 4.98. The summed E-state index contributed by atoms with van der Waals surface area (Å²) in [6.07, 6.45) is 0. The van der Waals surface area contributed by atoms with Crippen molar-refractivity contribution in [3.05, 3.63) is 71.8 Å². The van der Waals surface area contributed by atoms with Crippen molar-refractivity contribution in [2.75, 3.05) is 0 Å². The van der Waals surface area contributed by atoms with Crippen LogP contribution in [-0.2, 0) is 0 Å². The number of benzene rings is 2. The number of hydrogen-bond acceptors (Lipinski definition) is 0. The molecular weight excluding hydrogens is 195 g/mol. The topological polar surface area (TPSA) is 0 Å². The van der Waals surface area contributed by atoms with E-state index < -0.39 is 0 Å². The maximum absolute atomic E-state index is 2.24. The van der Waals surface area contributed by atoms with E-state index in [1.54, 1.807) is 0 Å². The van der Waals surface area contributed by atoms with Gasteiger partial charge in [0.05, 0.1) is 0 Å². The molecule has 0 fully saturated rings. The molecule has 0 spiro atoms. The average molecular weight is 212 g/mol. The van der Waals surface area contributed by atoms with Gasteiger partial charge in [0.1, 0.15) is 0 Å². The summed E-state index contributed by atoms with van der Waals surface area (Å²) in [5.74, 6) is 0.484. The molecule has 0 heterocycles. The highest BCUT2D eigenvalue weighted by Gasteiger charge is 2.05. The Balaban J connectivity index is 0.00000112. The van der Waals surface area contributed by atoms with E-state index in [-0.39, 0.29) is 17.4 Å². The summed E-state index contributed by atoms with van der Waals surface area (Å²) < 4.78 is 0. The molecule has 0 aliphatic heterocycles. The zero-order chi connectivity index (χ0) is 9.80. The van der Waals surface area contributed by atoms with Crippen molar-refractivity contribution < 1.29 is 0 Å². The normalized spacial score (nSPS) is 9.73. The molecular formula is C14H17Al. The third kappa shape index (κ3) is 2.96. The third-order valence-corrected chi connectivity index (χ3v) is 2.60. The maximum atomic E-state index is 2.24. The van der Waals surface area contributed by atoms with Gasteiger partial charge in [-0.3, -0.25) is 0 Å². The first kappa shape index (κ1) is 12.0. The molecule has 0 aromatic heterocycles. The van der Waals surface area contributed by atoms with Gasteiger partial charge in [0.2, 0.25) is 0 Å². The van der Waals surface area contributed by atoms with Gasteiger partial charge >= 0.3 is 0 Å². The van der Waals surface area contributed by atoms with Crippen molar-refractivity contribution in [2.45, 2.75) is 12.8 Å². The molecule has 0 radical (unpaired) electrons. The highest BCUT2D eigenvalue weighted by Crippen LogP contribution is 2.22. The summed E-state index contributed by atoms with van der Waals surface area (Å²) in [6, 6.07) is 21.2. The van der Waals surface area contributed by atoms with Gasteiger partial charge in [-0.25, -0.2) is 0 Å². The van der Waals surface area contributed by atoms with Crippen molar-refractivity contribution in [1.29, 1.82) is 0 Å². The Bertz CT molecular complexity index is 341. The fourth-order valence-corrected chi connectivity index (χ4v) is 1.68. The molecule has 0 nitrogen and oxygen atoms in total. The van der Waals surface area contributed by atoms with Crippen LogP contribution in [0, 0.1) is 0 Å². The van der Waals surface area contributed by atoms with Gasteiger partial charge in [0.25, 0.3) is 0 Å². The second-order valence-corrected chi connectivity index (χ2v) is 3.54. The molecule has 0 aliphatic carbocycles. The van der Waals surface area contributed by atoms with Crippen LogP contribution in [0.5, 0.6) is 0 Å². The van der Waals surface area contributed by atoms with Gasteiger partial charge in [-0.05, 0) is 11.1 Å². The van der Waals surface area contributed by atoms with E-state index in [9.17, 15) is 0 Å². The summed E-state index contributed by atoms with van der Waals surface area (Å²) in [4.78, 5) is 0. The lowest BCUT2D eigenvalue weighted by atomic mass is 9.93. The van der Waals surface area contributed by atoms with Crippen LogP contribution >= 0.6 is 0 Å². The lowest BCUT2D eigenvalue weighted by Crippen LogP contribution is -1.94. The number of hydrogen-bond donors (Lipinski definition) is 0. The average Bonchev–Trinajstić information content (AvgIpc) is 2.30. The minimum Gasteiger partial charge on any atom is -0.0622 e. The summed E-state index contributed by atoms with van der Waals surface area (Å²) in [5, 5.41) is 0. The van der Waals surface area contributed by atoms with E-state index in [0.29, 0.717) is 5.92 Å². The van der Waals surface area contributed by atoms with Crippen molar-refractivity contribution >= 4 is 17.4 Å². The molecule has 0 N–H and O–H groups in total. The predicted octanol–water partition coefficient (Wildman–Crippen LogP) is 2.65. The quantitative estimate of drug-likeness (QED) is 0.671. The maximum Gasteiger partial charge on any atom is 0.187 e. The second-order valence-electron chi connectivity index (χ2n) is 3.54. The van der Waals surface area contributed by atoms with Crippen molar-refractivity contribution in [3.8, 4) is 0 Å². The van der Waals surface area contributed by atoms with E-state index >= 15 is 0 Å². The van der Waals surface area contributed by atoms with Gasteiger partial charge in [-0.1, -0.05) is 67.6 Å². The van der Waals surface area contributed by atoms with Crippen LogP contribution in [-0.4, -0.2) is 17.4 Å². The fourth-order valence-electron chi connectivity index (χ4n) is 1.68. The standard InChI is InChI=1S/C14H14.Al.3H/c1-12(13-8-4-2-5-9-13)14-10-6-3-7-11-14;;;;/h2-12H,1H3;;;;. The molecule has 0 saturated carbocycles. The Morgan fingerprint density at radius 1 is 0.667 bits per heavy atom. The summed E-state index contributed by atoms with van der Waals surface area (Å²) in [5.41, 5.74) is 2.75. The SMILES string of the molecule is CC(c1ccccc1)c1ccccc1.[AlH3]. The van der Waals surface area contributed by atoms with Crippen LogP contribution < -0.4 is 0 Å². The van der Waals surface area contributed by atoms with Crippen LogP contribution in [0.1, 0.15) is 24.0 Å². The minimum absolute atomic E-state index is 0. The molecule has 0 saturated heterocycles. The molecule has 2 aromatic carbocycles. The van der Waals surface area contributed by atoms with E-state index in [2.05, 4.69) is 67.6 Å². The Morgan fingerprint density at radius 2 is 1.00 bits per heavy atom. The largest absolute Gasteiger partial charge is 0.187 e. The van der Waals surface area contributed by atoms with E-state index in [1.807, 2.05) is 0 Å². The molecule has 0 unspecified atom stereocenters. The Kier molecular flexibility index (Phi) is 4.62. The third-order valence-electron chi connectivity index (χ3n) is 2.60. The van der Waals surface area contributed by atoms with E-state index in [1.165, 1.54) is 11.1 Å². The lowest BCUT2D eigenvalue weighted by molar-refractivity contribution is 0.922. The smallest absolute Gasteiger partial charge is 0.0622 e. The molecule has 0 atom stereocenters. The van der Waals surface area contributed by atoms with Gasteiger partial charge < -0.3 is 0 Å². The van der Waals surface area contributed by atoms with Crippen LogP contribution in [0.4, 0.5) is 0 Å². The van der Waals surface area contributed by atoms with Crippen LogP contribution in [0.3, 0.4) is 0 Å². The molecule has 0 bridgehead atoms. The van der Waals surface area contributed by atoms with Gasteiger partial charge in [-0.2, -0.15) is 0 Å². The molecule has 2 aromatic rings. The Hall–Kier alpha value is -1.03. The minimum atomic E-state index is 0. The summed E-state index contributed by atoms with van der Waals surface area (Å²) in [7, 11) is 0. The van der Waals surface area contributed by atoms with E-state index in [0.717, 1.165) is 0 Å². The zero-order valence-corrected chi connectivity index (χ0v) is 8.35. The number of rotatable bonds is 2. The lowest BCUT2D eigenvalue weighted by Gasteiger charge is -2.11. The monoisotopic (exact) mass is 212 g/mol. The molecule has 15 heavy (non-hydrogen) atoms. The summed E-state index contributed by atoms with van der Waals surface area (Å²) in [6.45, 7) is 2.24. The van der Waals surface area contributed by atoms with Crippen molar-refractivity contribution in [1.82, 2.24) is 0 Å². The Morgan fingerprint density at radius 3 is 1.33 bits per heavy atom. The van der Waals surface area contributed by atoms with Gasteiger partial charge in [-0.15, -0.1) is 0 Å². The molecule has 0 aliphatic rings. The molecule has 0 amide bonds. The first-order valence-corrected chi connectivity index (χ1v) is 4.98. The molecule has 1 heteroatoms. The highest BCUT2D eigenvalue weighted by molar-refractivity contribution is 5.75. The van der Waals surface area contributed by atoms with Crippen molar-refractivity contribution in [3.63, 3.8) is 0 Å². The fraction of sp³-hybridized carbons (Fsp3) is 0.143. The van der Waals surface area contributed by atoms with Crippen LogP contribution in [0.2, 0.25) is 0 Å². The molecule has 2 rings (SSSR count). The van der Waals surface area contributed by atoms with Gasteiger partial charge in [0, 0.05) is 5.92 Å². The predicted molar refractivity (Wildman–Crippen MR) is 70.3 cm³/mol. The van der Waals surface area contributed by atoms with E-state index in [4.69, 9.17) is 0 Å². The highest BCUT2D eigenvalue weighted by atomic mass is 27.0. The Labute approximate surface area is 102 Å². The zero-order valence-electron chi connectivity index (χ0n) is 8.35. The van der Waals surface area contributed by atoms with Crippen molar-refractivity contribution in [2.24, 2.45) is 0 Å². The second kappa shape index (κ2) is 5.76. The van der Waals surface area contributed by atoms with Crippen LogP contribution in [0.25, 0.3) is 0 Å². The van der Waals surface area contributed by atoms with Gasteiger partial charge in [0.15, 0.2) is 17.4 Å². The first-order chi connectivity index (χ1) is 6.88. The van der Waals surface area contributed by atoms with Crippen LogP contribution in [0.15, 0.2) is 60.7 Å². The molecule has 76 valence electrons.